The van der Waals surface area contributed by atoms with Gasteiger partial charge in [-0.3, -0.25) is 9.69 Å². The zero-order chi connectivity index (χ0) is 20.4. The summed E-state index contributed by atoms with van der Waals surface area (Å²) in [7, 11) is 3.29. The molecule has 0 bridgehead atoms. The SMILES string of the molecule is CN1C(=O)C2C(N=C(SCCN3CCCCC3)N2Cc2ccccc2)N(C)C1=O. The Bertz CT molecular complexity index is 781. The Morgan fingerprint density at radius 3 is 2.52 bits per heavy atom. The number of fused-ring (bicyclic) bond motifs is 1. The summed E-state index contributed by atoms with van der Waals surface area (Å²) in [6.07, 6.45) is 3.45. The highest BCUT2D eigenvalue weighted by molar-refractivity contribution is 8.13. The van der Waals surface area contributed by atoms with E-state index in [1.807, 2.05) is 18.2 Å². The van der Waals surface area contributed by atoms with Gasteiger partial charge in [0.15, 0.2) is 17.4 Å². The first kappa shape index (κ1) is 20.2. The van der Waals surface area contributed by atoms with Crippen LogP contribution in [0.4, 0.5) is 4.79 Å². The summed E-state index contributed by atoms with van der Waals surface area (Å²) in [4.78, 5) is 37.6. The summed E-state index contributed by atoms with van der Waals surface area (Å²) < 4.78 is 0. The van der Waals surface area contributed by atoms with Crippen molar-refractivity contribution in [3.63, 3.8) is 0 Å². The van der Waals surface area contributed by atoms with Crippen LogP contribution in [0, 0.1) is 0 Å². The van der Waals surface area contributed by atoms with Gasteiger partial charge in [-0.2, -0.15) is 0 Å². The van der Waals surface area contributed by atoms with Gasteiger partial charge in [-0.1, -0.05) is 48.5 Å². The predicted octanol–water partition coefficient (Wildman–Crippen LogP) is 2.30. The number of likely N-dealkylation sites (N-methyl/N-ethyl adjacent to an activating group) is 2. The van der Waals surface area contributed by atoms with Crippen LogP contribution < -0.4 is 0 Å². The van der Waals surface area contributed by atoms with Crippen molar-refractivity contribution >= 4 is 28.9 Å². The highest BCUT2D eigenvalue weighted by atomic mass is 32.2. The smallest absolute Gasteiger partial charge is 0.328 e. The minimum atomic E-state index is -0.458. The molecule has 3 amide bonds. The van der Waals surface area contributed by atoms with Gasteiger partial charge < -0.3 is 14.7 Å². The lowest BCUT2D eigenvalue weighted by Gasteiger charge is -2.40. The molecule has 3 heterocycles. The standard InChI is InChI=1S/C21H29N5O2S/c1-23-18-17(19(27)24(2)21(23)28)26(15-16-9-5-3-6-10-16)20(22-18)29-14-13-25-11-7-4-8-12-25/h3,5-6,9-10,17-18H,4,7-8,11-15H2,1-2H3. The molecule has 4 rings (SSSR count). The molecule has 2 fully saturated rings. The summed E-state index contributed by atoms with van der Waals surface area (Å²) in [6, 6.07) is 9.39. The molecule has 2 saturated heterocycles. The van der Waals surface area contributed by atoms with Gasteiger partial charge in [0.05, 0.1) is 0 Å². The van der Waals surface area contributed by atoms with Crippen LogP contribution in [0.25, 0.3) is 0 Å². The Balaban J connectivity index is 1.51. The van der Waals surface area contributed by atoms with Crippen LogP contribution in [0.5, 0.6) is 0 Å². The lowest BCUT2D eigenvalue weighted by atomic mass is 10.1. The maximum Gasteiger partial charge on any atom is 0.328 e. The molecule has 1 aromatic carbocycles. The van der Waals surface area contributed by atoms with Crippen molar-refractivity contribution in [2.45, 2.75) is 38.0 Å². The third-order valence-electron chi connectivity index (χ3n) is 5.96. The number of thioether (sulfide) groups is 1. The zero-order valence-electron chi connectivity index (χ0n) is 17.2. The highest BCUT2D eigenvalue weighted by Gasteiger charge is 2.50. The van der Waals surface area contributed by atoms with Gasteiger partial charge in [-0.15, -0.1) is 0 Å². The number of hydrogen-bond acceptors (Lipinski definition) is 6. The van der Waals surface area contributed by atoms with Crippen molar-refractivity contribution in [1.29, 1.82) is 0 Å². The van der Waals surface area contributed by atoms with Crippen molar-refractivity contribution in [1.82, 2.24) is 19.6 Å². The minimum absolute atomic E-state index is 0.176. The molecule has 0 radical (unpaired) electrons. The number of carbonyl (C=O) groups excluding carboxylic acids is 2. The van der Waals surface area contributed by atoms with Crippen LogP contribution in [0.15, 0.2) is 35.3 Å². The number of nitrogens with zero attached hydrogens (tertiary/aromatic N) is 5. The van der Waals surface area contributed by atoms with Crippen LogP contribution >= 0.6 is 11.8 Å². The Kier molecular flexibility index (Phi) is 6.10. The van der Waals surface area contributed by atoms with Crippen LogP contribution in [-0.4, -0.2) is 88.4 Å². The average molecular weight is 416 g/mol. The third kappa shape index (κ3) is 4.14. The largest absolute Gasteiger partial charge is 0.331 e. The van der Waals surface area contributed by atoms with Crippen LogP contribution in [-0.2, 0) is 11.3 Å². The normalized spacial score (nSPS) is 25.4. The number of benzene rings is 1. The molecule has 2 unspecified atom stereocenters. The van der Waals surface area contributed by atoms with Gasteiger partial charge in [0, 0.05) is 32.9 Å². The Morgan fingerprint density at radius 1 is 1.07 bits per heavy atom. The molecule has 8 heteroatoms. The molecule has 2 atom stereocenters. The summed E-state index contributed by atoms with van der Waals surface area (Å²) in [5, 5.41) is 0.865. The van der Waals surface area contributed by atoms with E-state index < -0.39 is 12.2 Å². The van der Waals surface area contributed by atoms with Crippen molar-refractivity contribution < 1.29 is 9.59 Å². The average Bonchev–Trinajstić information content (AvgIpc) is 3.10. The number of carbonyl (C=O) groups is 2. The first-order valence-corrected chi connectivity index (χ1v) is 11.3. The molecule has 0 saturated carbocycles. The van der Waals surface area contributed by atoms with Gasteiger partial charge in [0.1, 0.15) is 0 Å². The number of hydrogen-bond donors (Lipinski definition) is 0. The van der Waals surface area contributed by atoms with Gasteiger partial charge in [0.2, 0.25) is 0 Å². The molecule has 29 heavy (non-hydrogen) atoms. The quantitative estimate of drug-likeness (QED) is 0.739. The van der Waals surface area contributed by atoms with Crippen molar-refractivity contribution in [2.75, 3.05) is 39.5 Å². The van der Waals surface area contributed by atoms with E-state index >= 15 is 0 Å². The van der Waals surface area contributed by atoms with E-state index in [1.165, 1.54) is 37.3 Å². The van der Waals surface area contributed by atoms with Crippen molar-refractivity contribution in [2.24, 2.45) is 4.99 Å². The lowest BCUT2D eigenvalue weighted by Crippen LogP contribution is -2.63. The third-order valence-corrected chi connectivity index (χ3v) is 6.94. The molecule has 156 valence electrons. The molecule has 0 spiro atoms. The maximum absolute atomic E-state index is 13.0. The summed E-state index contributed by atoms with van der Waals surface area (Å²) in [5.74, 6) is 0.759. The number of amides is 3. The summed E-state index contributed by atoms with van der Waals surface area (Å²) >= 11 is 1.70. The van der Waals surface area contributed by atoms with E-state index in [2.05, 4.69) is 21.9 Å². The van der Waals surface area contributed by atoms with Crippen LogP contribution in [0.2, 0.25) is 0 Å². The van der Waals surface area contributed by atoms with Crippen molar-refractivity contribution in [3.05, 3.63) is 35.9 Å². The van der Waals surface area contributed by atoms with Gasteiger partial charge in [-0.25, -0.2) is 9.79 Å². The number of amidine groups is 1. The lowest BCUT2D eigenvalue weighted by molar-refractivity contribution is -0.136. The molecule has 1 aromatic rings. The van der Waals surface area contributed by atoms with E-state index in [4.69, 9.17) is 4.99 Å². The zero-order valence-corrected chi connectivity index (χ0v) is 18.0. The Morgan fingerprint density at radius 2 is 1.79 bits per heavy atom. The molecule has 0 aliphatic carbocycles. The second-order valence-electron chi connectivity index (χ2n) is 7.93. The van der Waals surface area contributed by atoms with E-state index in [0.717, 1.165) is 23.0 Å². The van der Waals surface area contributed by atoms with E-state index in [-0.39, 0.29) is 11.9 Å². The molecule has 0 N–H and O–H groups in total. The minimum Gasteiger partial charge on any atom is -0.331 e. The molecule has 0 aromatic heterocycles. The molecular weight excluding hydrogens is 386 g/mol. The highest BCUT2D eigenvalue weighted by Crippen LogP contribution is 2.32. The molecule has 3 aliphatic rings. The van der Waals surface area contributed by atoms with E-state index in [1.54, 1.807) is 30.8 Å². The maximum atomic E-state index is 13.0. The number of aliphatic imine (C=N–C) groups is 1. The number of piperidine rings is 1. The first-order chi connectivity index (χ1) is 14.1. The number of likely N-dealkylation sites (tertiary alicyclic amines) is 1. The van der Waals surface area contributed by atoms with E-state index in [9.17, 15) is 9.59 Å². The van der Waals surface area contributed by atoms with Gasteiger partial charge in [-0.05, 0) is 31.5 Å². The van der Waals surface area contributed by atoms with E-state index in [0.29, 0.717) is 6.54 Å². The van der Waals surface area contributed by atoms with Crippen LogP contribution in [0.1, 0.15) is 24.8 Å². The Labute approximate surface area is 176 Å². The fraction of sp³-hybridized carbons (Fsp3) is 0.571. The van der Waals surface area contributed by atoms with Crippen molar-refractivity contribution in [3.8, 4) is 0 Å². The second-order valence-corrected chi connectivity index (χ2v) is 8.99. The summed E-state index contributed by atoms with van der Waals surface area (Å²) in [5.41, 5.74) is 1.13. The monoisotopic (exact) mass is 415 g/mol. The van der Waals surface area contributed by atoms with Gasteiger partial charge in [0.25, 0.3) is 5.91 Å². The fourth-order valence-electron chi connectivity index (χ4n) is 4.25. The number of urea groups is 1. The number of rotatable bonds is 5. The summed E-state index contributed by atoms with van der Waals surface area (Å²) in [6.45, 7) is 3.99. The molecule has 7 nitrogen and oxygen atoms in total. The number of imide groups is 1. The molecule has 3 aliphatic heterocycles. The topological polar surface area (TPSA) is 59.5 Å². The molecular formula is C21H29N5O2S. The Hall–Kier alpha value is -2.06. The fourth-order valence-corrected chi connectivity index (χ4v) is 5.31. The second kappa shape index (κ2) is 8.75. The first-order valence-electron chi connectivity index (χ1n) is 10.3. The van der Waals surface area contributed by atoms with Crippen LogP contribution in [0.3, 0.4) is 0 Å². The van der Waals surface area contributed by atoms with Gasteiger partial charge >= 0.3 is 6.03 Å². The predicted molar refractivity (Wildman–Crippen MR) is 116 cm³/mol.